The molecule has 3 nitrogen and oxygen atoms in total. The third-order valence-corrected chi connectivity index (χ3v) is 4.79. The zero-order valence-corrected chi connectivity index (χ0v) is 12.7. The van der Waals surface area contributed by atoms with E-state index in [0.29, 0.717) is 0 Å². The average Bonchev–Trinajstić information content (AvgIpc) is 3.01. The fourth-order valence-corrected chi connectivity index (χ4v) is 3.49. The van der Waals surface area contributed by atoms with Gasteiger partial charge in [0, 0.05) is 5.69 Å². The molecule has 1 aromatic carbocycles. The summed E-state index contributed by atoms with van der Waals surface area (Å²) in [5.41, 5.74) is 1.31. The highest BCUT2D eigenvalue weighted by Gasteiger charge is 2.20. The quantitative estimate of drug-likeness (QED) is 0.922. The molecule has 20 heavy (non-hydrogen) atoms. The Labute approximate surface area is 124 Å². The van der Waals surface area contributed by atoms with Crippen LogP contribution < -0.4 is 14.5 Å². The normalized spacial score (nSPS) is 16.4. The molecule has 1 fully saturated rings. The van der Waals surface area contributed by atoms with E-state index in [-0.39, 0.29) is 0 Å². The number of ether oxygens (including phenoxy) is 1. The lowest BCUT2D eigenvalue weighted by atomic mass is 10.2. The Morgan fingerprint density at radius 2 is 1.90 bits per heavy atom. The molecule has 4 heteroatoms. The van der Waals surface area contributed by atoms with Crippen molar-refractivity contribution >= 4 is 17.0 Å². The predicted molar refractivity (Wildman–Crippen MR) is 83.9 cm³/mol. The maximum atomic E-state index is 5.21. The van der Waals surface area contributed by atoms with E-state index in [1.165, 1.54) is 30.2 Å². The van der Waals surface area contributed by atoms with Crippen LogP contribution in [0.15, 0.2) is 41.8 Å². The lowest BCUT2D eigenvalue weighted by molar-refractivity contribution is -0.914. The number of methoxy groups -OCH3 is 1. The molecule has 2 aromatic rings. The zero-order valence-electron chi connectivity index (χ0n) is 11.8. The third kappa shape index (κ3) is 3.14. The first kappa shape index (κ1) is 13.5. The highest BCUT2D eigenvalue weighted by atomic mass is 32.1. The van der Waals surface area contributed by atoms with Gasteiger partial charge in [-0.1, -0.05) is 6.07 Å². The third-order valence-electron chi connectivity index (χ3n) is 3.91. The van der Waals surface area contributed by atoms with Gasteiger partial charge in [0.05, 0.1) is 38.2 Å². The standard InChI is InChI=1S/C16H20N2OS/c1-19-15-6-4-14(5-7-15)18-10-8-17(9-11-18)13-16-3-2-12-20-16/h2-7,12H,8-11,13H2,1H3/p+1. The molecule has 1 aromatic heterocycles. The molecule has 1 aliphatic heterocycles. The Morgan fingerprint density at radius 3 is 2.50 bits per heavy atom. The molecular weight excluding hydrogens is 268 g/mol. The van der Waals surface area contributed by atoms with E-state index >= 15 is 0 Å². The van der Waals surface area contributed by atoms with E-state index in [1.807, 2.05) is 23.5 Å². The molecular formula is C16H21N2OS+. The second-order valence-corrected chi connectivity index (χ2v) is 6.22. The van der Waals surface area contributed by atoms with E-state index in [9.17, 15) is 0 Å². The first-order valence-corrected chi connectivity index (χ1v) is 7.98. The van der Waals surface area contributed by atoms with Crippen molar-refractivity contribution in [3.05, 3.63) is 46.7 Å². The van der Waals surface area contributed by atoms with E-state index < -0.39 is 0 Å². The molecule has 0 radical (unpaired) electrons. The van der Waals surface area contributed by atoms with Crippen molar-refractivity contribution < 1.29 is 9.64 Å². The number of quaternary nitrogens is 1. The van der Waals surface area contributed by atoms with Crippen LogP contribution in [0.3, 0.4) is 0 Å². The van der Waals surface area contributed by atoms with Gasteiger partial charge < -0.3 is 14.5 Å². The van der Waals surface area contributed by atoms with Crippen molar-refractivity contribution in [1.82, 2.24) is 0 Å². The molecule has 1 aliphatic rings. The lowest BCUT2D eigenvalue weighted by Crippen LogP contribution is -3.13. The maximum Gasteiger partial charge on any atom is 0.119 e. The van der Waals surface area contributed by atoms with Gasteiger partial charge in [0.15, 0.2) is 0 Å². The van der Waals surface area contributed by atoms with Crippen molar-refractivity contribution in [2.24, 2.45) is 0 Å². The molecule has 0 bridgehead atoms. The minimum absolute atomic E-state index is 0.927. The first-order chi connectivity index (χ1) is 9.85. The molecule has 0 saturated carbocycles. The SMILES string of the molecule is COc1ccc(N2CC[NH+](Cc3cccs3)CC2)cc1. The molecule has 2 heterocycles. The smallest absolute Gasteiger partial charge is 0.119 e. The second-order valence-electron chi connectivity index (χ2n) is 5.19. The molecule has 0 aliphatic carbocycles. The van der Waals surface area contributed by atoms with Crippen LogP contribution in [0.5, 0.6) is 5.75 Å². The van der Waals surface area contributed by atoms with Gasteiger partial charge in [-0.2, -0.15) is 0 Å². The predicted octanol–water partition coefficient (Wildman–Crippen LogP) is 1.66. The van der Waals surface area contributed by atoms with Gasteiger partial charge in [-0.3, -0.25) is 0 Å². The highest BCUT2D eigenvalue weighted by Crippen LogP contribution is 2.19. The number of nitrogens with one attached hydrogen (secondary N) is 1. The van der Waals surface area contributed by atoms with Gasteiger partial charge in [0.25, 0.3) is 0 Å². The molecule has 3 rings (SSSR count). The number of piperazine rings is 1. The van der Waals surface area contributed by atoms with E-state index in [1.54, 1.807) is 12.0 Å². The molecule has 106 valence electrons. The van der Waals surface area contributed by atoms with Crippen LogP contribution in [-0.4, -0.2) is 33.3 Å². The molecule has 0 amide bonds. The minimum Gasteiger partial charge on any atom is -0.497 e. The Morgan fingerprint density at radius 1 is 1.15 bits per heavy atom. The Balaban J connectivity index is 1.55. The number of thiophene rings is 1. The van der Waals surface area contributed by atoms with Crippen LogP contribution in [0, 0.1) is 0 Å². The Kier molecular flexibility index (Phi) is 4.23. The summed E-state index contributed by atoms with van der Waals surface area (Å²) >= 11 is 1.87. The lowest BCUT2D eigenvalue weighted by Gasteiger charge is -2.33. The molecule has 0 atom stereocenters. The van der Waals surface area contributed by atoms with Crippen molar-refractivity contribution in [2.75, 3.05) is 38.2 Å². The fourth-order valence-electron chi connectivity index (χ4n) is 2.71. The van der Waals surface area contributed by atoms with E-state index in [4.69, 9.17) is 4.74 Å². The van der Waals surface area contributed by atoms with Crippen LogP contribution in [0.4, 0.5) is 5.69 Å². The molecule has 0 spiro atoms. The number of rotatable bonds is 4. The van der Waals surface area contributed by atoms with Crippen molar-refractivity contribution in [3.8, 4) is 5.75 Å². The topological polar surface area (TPSA) is 16.9 Å². The summed E-state index contributed by atoms with van der Waals surface area (Å²) in [5, 5.41) is 2.17. The van der Waals surface area contributed by atoms with E-state index in [0.717, 1.165) is 18.8 Å². The van der Waals surface area contributed by atoms with Gasteiger partial charge in [-0.05, 0) is 35.7 Å². The van der Waals surface area contributed by atoms with Crippen molar-refractivity contribution in [2.45, 2.75) is 6.54 Å². The second kappa shape index (κ2) is 6.29. The van der Waals surface area contributed by atoms with Gasteiger partial charge >= 0.3 is 0 Å². The summed E-state index contributed by atoms with van der Waals surface area (Å²) in [7, 11) is 1.71. The maximum absolute atomic E-state index is 5.21. The summed E-state index contributed by atoms with van der Waals surface area (Å²) in [5.74, 6) is 0.927. The van der Waals surface area contributed by atoms with E-state index in [2.05, 4.69) is 34.5 Å². The van der Waals surface area contributed by atoms with Crippen molar-refractivity contribution in [3.63, 3.8) is 0 Å². The number of hydrogen-bond donors (Lipinski definition) is 1. The van der Waals surface area contributed by atoms with Crippen LogP contribution in [0.2, 0.25) is 0 Å². The number of benzene rings is 1. The number of anilines is 1. The fraction of sp³-hybridized carbons (Fsp3) is 0.375. The monoisotopic (exact) mass is 289 g/mol. The largest absolute Gasteiger partial charge is 0.497 e. The van der Waals surface area contributed by atoms with Gasteiger partial charge in [0.2, 0.25) is 0 Å². The summed E-state index contributed by atoms with van der Waals surface area (Å²) in [6.07, 6.45) is 0. The number of hydrogen-bond acceptors (Lipinski definition) is 3. The minimum atomic E-state index is 0.927. The van der Waals surface area contributed by atoms with Crippen LogP contribution in [-0.2, 0) is 6.54 Å². The highest BCUT2D eigenvalue weighted by molar-refractivity contribution is 7.09. The zero-order chi connectivity index (χ0) is 13.8. The average molecular weight is 289 g/mol. The summed E-state index contributed by atoms with van der Waals surface area (Å²) < 4.78 is 5.21. The first-order valence-electron chi connectivity index (χ1n) is 7.10. The van der Waals surface area contributed by atoms with Crippen molar-refractivity contribution in [1.29, 1.82) is 0 Å². The van der Waals surface area contributed by atoms with Crippen LogP contribution in [0.1, 0.15) is 4.88 Å². The molecule has 1 N–H and O–H groups in total. The molecule has 0 unspecified atom stereocenters. The number of nitrogens with zero attached hydrogens (tertiary/aromatic N) is 1. The van der Waals surface area contributed by atoms with Gasteiger partial charge in [-0.25, -0.2) is 0 Å². The van der Waals surface area contributed by atoms with Crippen LogP contribution in [0.25, 0.3) is 0 Å². The van der Waals surface area contributed by atoms with Crippen LogP contribution >= 0.6 is 11.3 Å². The molecule has 1 saturated heterocycles. The Hall–Kier alpha value is -1.52. The van der Waals surface area contributed by atoms with Gasteiger partial charge in [-0.15, -0.1) is 11.3 Å². The van der Waals surface area contributed by atoms with Gasteiger partial charge in [0.1, 0.15) is 12.3 Å². The summed E-state index contributed by atoms with van der Waals surface area (Å²) in [6.45, 7) is 5.86. The summed E-state index contributed by atoms with van der Waals surface area (Å²) in [6, 6.07) is 12.8. The summed E-state index contributed by atoms with van der Waals surface area (Å²) in [4.78, 5) is 5.66. The Bertz CT molecular complexity index is 516.